The molecule has 2 rings (SSSR count). The molecule has 2 N–H and O–H groups in total. The quantitative estimate of drug-likeness (QED) is 0.881. The number of hydrogen-bond acceptors (Lipinski definition) is 3. The Morgan fingerprint density at radius 3 is 2.48 bits per heavy atom. The first-order valence-corrected chi connectivity index (χ1v) is 8.42. The molecule has 2 aromatic rings. The van der Waals surface area contributed by atoms with E-state index >= 15 is 0 Å². The number of carbonyl (C=O) groups excluding carboxylic acids is 1. The molecule has 1 atom stereocenters. The molecule has 0 saturated heterocycles. The van der Waals surface area contributed by atoms with Gasteiger partial charge in [-0.3, -0.25) is 4.79 Å². The number of rotatable bonds is 5. The zero-order valence-corrected chi connectivity index (χ0v) is 13.5. The third kappa shape index (κ3) is 4.61. The second-order valence-electron chi connectivity index (χ2n) is 5.11. The van der Waals surface area contributed by atoms with Crippen molar-refractivity contribution in [2.45, 2.75) is 24.8 Å². The fraction of sp³-hybridized carbons (Fsp3) is 0.188. The molecular formula is C16H17FN2O3S. The van der Waals surface area contributed by atoms with Gasteiger partial charge in [0.1, 0.15) is 5.82 Å². The number of nitrogens with one attached hydrogen (secondary N) is 2. The highest BCUT2D eigenvalue weighted by molar-refractivity contribution is 7.89. The maximum Gasteiger partial charge on any atom is 0.241 e. The third-order valence-electron chi connectivity index (χ3n) is 3.15. The van der Waals surface area contributed by atoms with E-state index in [-0.39, 0.29) is 10.8 Å². The summed E-state index contributed by atoms with van der Waals surface area (Å²) < 4.78 is 40.3. The minimum atomic E-state index is -3.84. The fourth-order valence-corrected chi connectivity index (χ4v) is 3.36. The molecule has 2 aromatic carbocycles. The van der Waals surface area contributed by atoms with E-state index in [4.69, 9.17) is 0 Å². The average molecular weight is 336 g/mol. The van der Waals surface area contributed by atoms with Crippen LogP contribution in [-0.2, 0) is 14.8 Å². The van der Waals surface area contributed by atoms with Crippen LogP contribution in [0.5, 0.6) is 0 Å². The summed E-state index contributed by atoms with van der Waals surface area (Å²) in [6.45, 7) is 3.06. The zero-order chi connectivity index (χ0) is 17.0. The van der Waals surface area contributed by atoms with Crippen molar-refractivity contribution in [1.82, 2.24) is 4.72 Å². The van der Waals surface area contributed by atoms with E-state index in [9.17, 15) is 17.6 Å². The molecule has 23 heavy (non-hydrogen) atoms. The molecule has 7 heteroatoms. The van der Waals surface area contributed by atoms with Crippen LogP contribution in [0.4, 0.5) is 10.1 Å². The molecule has 1 amide bonds. The summed E-state index contributed by atoms with van der Waals surface area (Å²) in [5, 5.41) is 2.64. The zero-order valence-electron chi connectivity index (χ0n) is 12.7. The molecule has 0 saturated carbocycles. The second-order valence-corrected chi connectivity index (χ2v) is 6.82. The summed E-state index contributed by atoms with van der Waals surface area (Å²) in [6.07, 6.45) is 0. The van der Waals surface area contributed by atoms with Crippen LogP contribution in [0.15, 0.2) is 53.4 Å². The predicted octanol–water partition coefficient (Wildman–Crippen LogP) is 2.82. The maximum atomic E-state index is 13.2. The van der Waals surface area contributed by atoms with Crippen LogP contribution in [0.1, 0.15) is 25.5 Å². The van der Waals surface area contributed by atoms with Gasteiger partial charge in [0.15, 0.2) is 0 Å². The SMILES string of the molecule is CC(=O)Nc1cccc([C@H](C)NS(=O)(=O)c2cccc(F)c2)c1. The van der Waals surface area contributed by atoms with Gasteiger partial charge < -0.3 is 5.32 Å². The molecule has 0 unspecified atom stereocenters. The van der Waals surface area contributed by atoms with E-state index < -0.39 is 21.9 Å². The summed E-state index contributed by atoms with van der Waals surface area (Å²) in [5.74, 6) is -0.830. The Bertz CT molecular complexity index is 822. The average Bonchev–Trinajstić information content (AvgIpc) is 2.46. The largest absolute Gasteiger partial charge is 0.326 e. The summed E-state index contributed by atoms with van der Waals surface area (Å²) >= 11 is 0. The van der Waals surface area contributed by atoms with Crippen LogP contribution in [0.2, 0.25) is 0 Å². The van der Waals surface area contributed by atoms with Crippen LogP contribution in [0.25, 0.3) is 0 Å². The monoisotopic (exact) mass is 336 g/mol. The van der Waals surface area contributed by atoms with Crippen molar-refractivity contribution in [1.29, 1.82) is 0 Å². The molecule has 0 aliphatic carbocycles. The van der Waals surface area contributed by atoms with Crippen molar-refractivity contribution in [3.8, 4) is 0 Å². The summed E-state index contributed by atoms with van der Waals surface area (Å²) in [6, 6.07) is 11.1. The summed E-state index contributed by atoms with van der Waals surface area (Å²) in [7, 11) is -3.84. The standard InChI is InChI=1S/C16H17FN2O3S/c1-11(13-5-3-7-15(9-13)18-12(2)20)19-23(21,22)16-8-4-6-14(17)10-16/h3-11,19H,1-2H3,(H,18,20)/t11-/m0/s1. The number of carbonyl (C=O) groups is 1. The molecule has 0 spiro atoms. The first-order valence-electron chi connectivity index (χ1n) is 6.93. The Morgan fingerprint density at radius 2 is 1.83 bits per heavy atom. The number of halogens is 1. The van der Waals surface area contributed by atoms with Crippen molar-refractivity contribution in [2.24, 2.45) is 0 Å². The Balaban J connectivity index is 2.21. The van der Waals surface area contributed by atoms with Crippen LogP contribution in [0.3, 0.4) is 0 Å². The lowest BCUT2D eigenvalue weighted by molar-refractivity contribution is -0.114. The van der Waals surface area contributed by atoms with Crippen LogP contribution in [-0.4, -0.2) is 14.3 Å². The van der Waals surface area contributed by atoms with E-state index in [0.29, 0.717) is 11.3 Å². The van der Waals surface area contributed by atoms with Gasteiger partial charge in [0, 0.05) is 18.7 Å². The van der Waals surface area contributed by atoms with E-state index in [0.717, 1.165) is 6.07 Å². The Kier molecular flexibility index (Phi) is 5.12. The van der Waals surface area contributed by atoms with Crippen LogP contribution >= 0.6 is 0 Å². The maximum absolute atomic E-state index is 13.2. The van der Waals surface area contributed by atoms with E-state index in [1.54, 1.807) is 31.2 Å². The second kappa shape index (κ2) is 6.89. The molecule has 5 nitrogen and oxygen atoms in total. The lowest BCUT2D eigenvalue weighted by Crippen LogP contribution is -2.27. The Hall–Kier alpha value is -2.25. The smallest absolute Gasteiger partial charge is 0.241 e. The molecule has 122 valence electrons. The van der Waals surface area contributed by atoms with Gasteiger partial charge in [-0.25, -0.2) is 17.5 Å². The molecule has 0 fully saturated rings. The van der Waals surface area contributed by atoms with Gasteiger partial charge in [0.25, 0.3) is 0 Å². The van der Waals surface area contributed by atoms with Gasteiger partial charge in [-0.15, -0.1) is 0 Å². The lowest BCUT2D eigenvalue weighted by atomic mass is 10.1. The van der Waals surface area contributed by atoms with Crippen molar-refractivity contribution in [3.63, 3.8) is 0 Å². The van der Waals surface area contributed by atoms with Crippen molar-refractivity contribution in [3.05, 3.63) is 59.9 Å². The Morgan fingerprint density at radius 1 is 1.13 bits per heavy atom. The van der Waals surface area contributed by atoms with E-state index in [1.165, 1.54) is 25.1 Å². The highest BCUT2D eigenvalue weighted by Gasteiger charge is 2.19. The van der Waals surface area contributed by atoms with Crippen molar-refractivity contribution >= 4 is 21.6 Å². The molecule has 0 aliphatic heterocycles. The Labute approximate surface area is 134 Å². The molecule has 0 radical (unpaired) electrons. The molecule has 0 bridgehead atoms. The van der Waals surface area contributed by atoms with Gasteiger partial charge in [0.05, 0.1) is 4.90 Å². The summed E-state index contributed by atoms with van der Waals surface area (Å²) in [4.78, 5) is 10.9. The highest BCUT2D eigenvalue weighted by atomic mass is 32.2. The third-order valence-corrected chi connectivity index (χ3v) is 4.68. The first-order chi connectivity index (χ1) is 10.8. The number of anilines is 1. The molecule has 0 aromatic heterocycles. The minimum absolute atomic E-state index is 0.137. The number of amides is 1. The molecular weight excluding hydrogens is 319 g/mol. The van der Waals surface area contributed by atoms with E-state index in [2.05, 4.69) is 10.0 Å². The van der Waals surface area contributed by atoms with Gasteiger partial charge in [-0.05, 0) is 42.8 Å². The topological polar surface area (TPSA) is 75.3 Å². The number of hydrogen-bond donors (Lipinski definition) is 2. The van der Waals surface area contributed by atoms with Gasteiger partial charge >= 0.3 is 0 Å². The minimum Gasteiger partial charge on any atom is -0.326 e. The number of sulfonamides is 1. The summed E-state index contributed by atoms with van der Waals surface area (Å²) in [5.41, 5.74) is 1.25. The number of benzene rings is 2. The first kappa shape index (κ1) is 17.1. The fourth-order valence-electron chi connectivity index (χ4n) is 2.09. The van der Waals surface area contributed by atoms with Crippen LogP contribution in [0, 0.1) is 5.82 Å². The van der Waals surface area contributed by atoms with Crippen LogP contribution < -0.4 is 10.0 Å². The normalized spacial score (nSPS) is 12.7. The highest BCUT2D eigenvalue weighted by Crippen LogP contribution is 2.20. The van der Waals surface area contributed by atoms with Gasteiger partial charge in [0.2, 0.25) is 15.9 Å². The predicted molar refractivity (Wildman–Crippen MR) is 85.9 cm³/mol. The van der Waals surface area contributed by atoms with E-state index in [1.807, 2.05) is 0 Å². The van der Waals surface area contributed by atoms with Gasteiger partial charge in [-0.2, -0.15) is 0 Å². The molecule has 0 aliphatic rings. The van der Waals surface area contributed by atoms with Crippen molar-refractivity contribution in [2.75, 3.05) is 5.32 Å². The van der Waals surface area contributed by atoms with Crippen molar-refractivity contribution < 1.29 is 17.6 Å². The lowest BCUT2D eigenvalue weighted by Gasteiger charge is -2.16. The van der Waals surface area contributed by atoms with Gasteiger partial charge in [-0.1, -0.05) is 18.2 Å². The molecule has 0 heterocycles.